The zero-order valence-electron chi connectivity index (χ0n) is 11.7. The molecule has 0 unspecified atom stereocenters. The van der Waals surface area contributed by atoms with Gasteiger partial charge in [0.15, 0.2) is 0 Å². The van der Waals surface area contributed by atoms with Crippen LogP contribution < -0.4 is 4.90 Å². The summed E-state index contributed by atoms with van der Waals surface area (Å²) in [4.78, 5) is 18.3. The van der Waals surface area contributed by atoms with Crippen molar-refractivity contribution in [3.63, 3.8) is 0 Å². The summed E-state index contributed by atoms with van der Waals surface area (Å²) in [7, 11) is 0. The summed E-state index contributed by atoms with van der Waals surface area (Å²) in [5, 5.41) is 9.92. The first kappa shape index (κ1) is 14.5. The first-order valence-corrected chi connectivity index (χ1v) is 7.31. The summed E-state index contributed by atoms with van der Waals surface area (Å²) in [6.45, 7) is 5.21. The molecule has 0 aliphatic carbocycles. The fraction of sp³-hybridized carbons (Fsp3) is 0.333. The molecule has 5 heteroatoms. The fourth-order valence-electron chi connectivity index (χ4n) is 1.95. The monoisotopic (exact) mass is 290 g/mol. The van der Waals surface area contributed by atoms with Gasteiger partial charge in [-0.05, 0) is 26.0 Å². The number of aliphatic carboxylic acids is 1. The molecule has 1 heterocycles. The molecule has 0 aliphatic heterocycles. The van der Waals surface area contributed by atoms with Crippen LogP contribution in [0.15, 0.2) is 30.5 Å². The fourth-order valence-corrected chi connectivity index (χ4v) is 2.76. The number of anilines is 1. The molecule has 1 N–H and O–H groups in total. The third-order valence-corrected chi connectivity index (χ3v) is 3.91. The van der Waals surface area contributed by atoms with Crippen molar-refractivity contribution in [2.45, 2.75) is 26.8 Å². The minimum absolute atomic E-state index is 0.131. The van der Waals surface area contributed by atoms with Crippen LogP contribution in [0.2, 0.25) is 0 Å². The maximum Gasteiger partial charge on any atom is 0.305 e. The summed E-state index contributed by atoms with van der Waals surface area (Å²) < 4.78 is 0. The molecule has 0 amide bonds. The number of aromatic nitrogens is 1. The van der Waals surface area contributed by atoms with Gasteiger partial charge < -0.3 is 10.0 Å². The Labute approximate surface area is 122 Å². The van der Waals surface area contributed by atoms with Crippen molar-refractivity contribution < 1.29 is 9.90 Å². The van der Waals surface area contributed by atoms with Gasteiger partial charge in [0.05, 0.1) is 18.0 Å². The van der Waals surface area contributed by atoms with Crippen molar-refractivity contribution in [1.29, 1.82) is 0 Å². The Hall–Kier alpha value is -1.88. The van der Waals surface area contributed by atoms with E-state index in [1.54, 1.807) is 11.3 Å². The van der Waals surface area contributed by atoms with E-state index in [9.17, 15) is 4.79 Å². The van der Waals surface area contributed by atoms with Crippen LogP contribution >= 0.6 is 11.3 Å². The third kappa shape index (κ3) is 4.06. The van der Waals surface area contributed by atoms with E-state index in [0.29, 0.717) is 13.1 Å². The van der Waals surface area contributed by atoms with Crippen molar-refractivity contribution in [1.82, 2.24) is 4.98 Å². The van der Waals surface area contributed by atoms with Crippen LogP contribution in [-0.4, -0.2) is 22.6 Å². The van der Waals surface area contributed by atoms with Gasteiger partial charge in [0, 0.05) is 23.3 Å². The van der Waals surface area contributed by atoms with Crippen LogP contribution in [-0.2, 0) is 11.3 Å². The van der Waals surface area contributed by atoms with E-state index < -0.39 is 5.97 Å². The molecule has 20 heavy (non-hydrogen) atoms. The molecule has 0 atom stereocenters. The zero-order chi connectivity index (χ0) is 14.5. The van der Waals surface area contributed by atoms with E-state index in [1.165, 1.54) is 5.56 Å². The number of nitrogens with zero attached hydrogens (tertiary/aromatic N) is 2. The minimum Gasteiger partial charge on any atom is -0.481 e. The van der Waals surface area contributed by atoms with E-state index in [2.05, 4.69) is 9.88 Å². The highest BCUT2D eigenvalue weighted by molar-refractivity contribution is 7.11. The first-order valence-electron chi connectivity index (χ1n) is 6.49. The Bertz CT molecular complexity index is 578. The Morgan fingerprint density at radius 3 is 2.55 bits per heavy atom. The molecule has 106 valence electrons. The van der Waals surface area contributed by atoms with Gasteiger partial charge in [0.2, 0.25) is 0 Å². The molecule has 0 saturated carbocycles. The minimum atomic E-state index is -0.775. The summed E-state index contributed by atoms with van der Waals surface area (Å²) in [5.74, 6) is -0.775. The number of carboxylic acid groups (broad SMARTS) is 1. The van der Waals surface area contributed by atoms with E-state index in [-0.39, 0.29) is 6.42 Å². The summed E-state index contributed by atoms with van der Waals surface area (Å²) in [5.41, 5.74) is 2.24. The smallest absolute Gasteiger partial charge is 0.305 e. The highest BCUT2D eigenvalue weighted by atomic mass is 32.1. The largest absolute Gasteiger partial charge is 0.481 e. The van der Waals surface area contributed by atoms with Gasteiger partial charge >= 0.3 is 5.97 Å². The number of carboxylic acids is 1. The lowest BCUT2D eigenvalue weighted by atomic mass is 10.2. The van der Waals surface area contributed by atoms with Crippen LogP contribution in [0, 0.1) is 13.8 Å². The first-order chi connectivity index (χ1) is 9.54. The molecule has 2 rings (SSSR count). The summed E-state index contributed by atoms with van der Waals surface area (Å²) >= 11 is 1.65. The van der Waals surface area contributed by atoms with E-state index >= 15 is 0 Å². The average Bonchev–Trinajstić information content (AvgIpc) is 2.81. The van der Waals surface area contributed by atoms with Crippen molar-refractivity contribution >= 4 is 23.0 Å². The molecule has 0 aliphatic rings. The molecule has 0 bridgehead atoms. The number of hydrogen-bond acceptors (Lipinski definition) is 4. The molecule has 1 aromatic carbocycles. The van der Waals surface area contributed by atoms with Gasteiger partial charge in [-0.25, -0.2) is 4.98 Å². The second kappa shape index (κ2) is 6.52. The predicted octanol–water partition coefficient (Wildman–Crippen LogP) is 3.24. The standard InChI is InChI=1S/C15H18N2O2S/c1-11-3-5-13(6-4-11)17(8-7-15(18)19)10-14-9-16-12(2)20-14/h3-6,9H,7-8,10H2,1-2H3,(H,18,19). The van der Waals surface area contributed by atoms with Gasteiger partial charge in [0.25, 0.3) is 0 Å². The van der Waals surface area contributed by atoms with Crippen molar-refractivity contribution in [3.05, 3.63) is 45.9 Å². The molecule has 1 aromatic heterocycles. The number of hydrogen-bond donors (Lipinski definition) is 1. The normalized spacial score (nSPS) is 10.5. The zero-order valence-corrected chi connectivity index (χ0v) is 12.5. The Balaban J connectivity index is 2.15. The second-order valence-corrected chi connectivity index (χ2v) is 6.07. The van der Waals surface area contributed by atoms with Crippen LogP contribution in [0.5, 0.6) is 0 Å². The van der Waals surface area contributed by atoms with E-state index in [0.717, 1.165) is 15.6 Å². The molecular weight excluding hydrogens is 272 g/mol. The lowest BCUT2D eigenvalue weighted by molar-refractivity contribution is -0.136. The maximum absolute atomic E-state index is 10.8. The van der Waals surface area contributed by atoms with Crippen LogP contribution in [0.3, 0.4) is 0 Å². The number of benzene rings is 1. The number of aryl methyl sites for hydroxylation is 2. The molecule has 2 aromatic rings. The van der Waals surface area contributed by atoms with Gasteiger partial charge in [-0.15, -0.1) is 11.3 Å². The Morgan fingerprint density at radius 2 is 2.00 bits per heavy atom. The summed E-state index contributed by atoms with van der Waals surface area (Å²) in [6, 6.07) is 8.15. The maximum atomic E-state index is 10.8. The Morgan fingerprint density at radius 1 is 1.30 bits per heavy atom. The van der Waals surface area contributed by atoms with Gasteiger partial charge in [-0.3, -0.25) is 4.79 Å². The van der Waals surface area contributed by atoms with E-state index in [4.69, 9.17) is 5.11 Å². The number of rotatable bonds is 6. The van der Waals surface area contributed by atoms with Crippen molar-refractivity contribution in [3.8, 4) is 0 Å². The number of thiazole rings is 1. The highest BCUT2D eigenvalue weighted by Gasteiger charge is 2.11. The lowest BCUT2D eigenvalue weighted by Gasteiger charge is -2.23. The molecule has 0 spiro atoms. The van der Waals surface area contributed by atoms with Crippen LogP contribution in [0.25, 0.3) is 0 Å². The molecule has 0 fully saturated rings. The second-order valence-electron chi connectivity index (χ2n) is 4.75. The van der Waals surface area contributed by atoms with Crippen molar-refractivity contribution in [2.75, 3.05) is 11.4 Å². The van der Waals surface area contributed by atoms with Gasteiger partial charge in [0.1, 0.15) is 0 Å². The number of carbonyl (C=O) groups is 1. The van der Waals surface area contributed by atoms with Crippen LogP contribution in [0.4, 0.5) is 5.69 Å². The predicted molar refractivity (Wildman–Crippen MR) is 81.3 cm³/mol. The molecule has 0 saturated heterocycles. The van der Waals surface area contributed by atoms with Crippen LogP contribution in [0.1, 0.15) is 21.9 Å². The van der Waals surface area contributed by atoms with E-state index in [1.807, 2.05) is 44.3 Å². The van der Waals surface area contributed by atoms with Gasteiger partial charge in [-0.2, -0.15) is 0 Å². The van der Waals surface area contributed by atoms with Gasteiger partial charge in [-0.1, -0.05) is 17.7 Å². The summed E-state index contributed by atoms with van der Waals surface area (Å²) in [6.07, 6.45) is 1.99. The Kier molecular flexibility index (Phi) is 4.74. The highest BCUT2D eigenvalue weighted by Crippen LogP contribution is 2.21. The average molecular weight is 290 g/mol. The third-order valence-electron chi connectivity index (χ3n) is 3.01. The molecular formula is C15H18N2O2S. The lowest BCUT2D eigenvalue weighted by Crippen LogP contribution is -2.25. The SMILES string of the molecule is Cc1ccc(N(CCC(=O)O)Cc2cnc(C)s2)cc1. The topological polar surface area (TPSA) is 53.4 Å². The quantitative estimate of drug-likeness (QED) is 0.887. The van der Waals surface area contributed by atoms with Crippen molar-refractivity contribution in [2.24, 2.45) is 0 Å². The molecule has 4 nitrogen and oxygen atoms in total. The molecule has 0 radical (unpaired) electrons.